The van der Waals surface area contributed by atoms with Gasteiger partial charge in [0.05, 0.1) is 4.92 Å². The number of carbonyl (C=O) groups is 1. The molecule has 0 saturated carbocycles. The number of benzene rings is 2. The first-order chi connectivity index (χ1) is 14.5. The zero-order valence-electron chi connectivity index (χ0n) is 15.6. The minimum Gasteiger partial charge on any atom is -0.439 e. The van der Waals surface area contributed by atoms with Gasteiger partial charge in [0.2, 0.25) is 5.88 Å². The molecular weight excluding hydrogens is 485 g/mol. The summed E-state index contributed by atoms with van der Waals surface area (Å²) in [5.74, 6) is -0.931. The van der Waals surface area contributed by atoms with Gasteiger partial charge in [-0.2, -0.15) is 18.2 Å². The summed E-state index contributed by atoms with van der Waals surface area (Å²) >= 11 is 3.11. The predicted octanol–water partition coefficient (Wildman–Crippen LogP) is 5.52. The Morgan fingerprint density at radius 3 is 2.42 bits per heavy atom. The molecule has 1 amide bonds. The van der Waals surface area contributed by atoms with Gasteiger partial charge < -0.3 is 10.1 Å². The van der Waals surface area contributed by atoms with Gasteiger partial charge in [0.25, 0.3) is 11.6 Å². The molecule has 0 aliphatic rings. The Bertz CT molecular complexity index is 1150. The SMILES string of the molecule is Cc1nc(Oc2ccc(NC(=O)c3ccc(Br)cc3[N+](=O)[O-])cc2)cc(C(F)(F)F)n1. The van der Waals surface area contributed by atoms with Gasteiger partial charge in [0.1, 0.15) is 17.1 Å². The highest BCUT2D eigenvalue weighted by molar-refractivity contribution is 9.10. The number of halogens is 4. The van der Waals surface area contributed by atoms with Crippen LogP contribution in [0.5, 0.6) is 11.6 Å². The van der Waals surface area contributed by atoms with Crippen LogP contribution in [0, 0.1) is 17.0 Å². The Balaban J connectivity index is 1.75. The number of hydrogen-bond acceptors (Lipinski definition) is 6. The monoisotopic (exact) mass is 496 g/mol. The number of nitro groups is 1. The van der Waals surface area contributed by atoms with E-state index in [-0.39, 0.29) is 28.7 Å². The molecule has 8 nitrogen and oxygen atoms in total. The zero-order valence-corrected chi connectivity index (χ0v) is 17.2. The lowest BCUT2D eigenvalue weighted by Gasteiger charge is -2.10. The van der Waals surface area contributed by atoms with Gasteiger partial charge >= 0.3 is 6.18 Å². The van der Waals surface area contributed by atoms with Crippen molar-refractivity contribution in [2.24, 2.45) is 0 Å². The topological polar surface area (TPSA) is 107 Å². The van der Waals surface area contributed by atoms with Crippen LogP contribution in [-0.4, -0.2) is 20.8 Å². The van der Waals surface area contributed by atoms with Crippen LogP contribution in [-0.2, 0) is 6.18 Å². The van der Waals surface area contributed by atoms with Gasteiger partial charge in [-0.25, -0.2) is 4.98 Å². The van der Waals surface area contributed by atoms with E-state index in [0.29, 0.717) is 16.2 Å². The molecule has 0 bridgehead atoms. The van der Waals surface area contributed by atoms with Crippen molar-refractivity contribution in [1.82, 2.24) is 9.97 Å². The van der Waals surface area contributed by atoms with E-state index >= 15 is 0 Å². The van der Waals surface area contributed by atoms with Crippen molar-refractivity contribution in [3.8, 4) is 11.6 Å². The maximum Gasteiger partial charge on any atom is 0.433 e. The number of nitrogens with zero attached hydrogens (tertiary/aromatic N) is 3. The Morgan fingerprint density at radius 1 is 1.13 bits per heavy atom. The Morgan fingerprint density at radius 2 is 1.81 bits per heavy atom. The van der Waals surface area contributed by atoms with Gasteiger partial charge in [-0.1, -0.05) is 15.9 Å². The molecule has 1 aromatic heterocycles. The first kappa shape index (κ1) is 22.2. The van der Waals surface area contributed by atoms with Crippen LogP contribution in [0.4, 0.5) is 24.5 Å². The van der Waals surface area contributed by atoms with Crippen molar-refractivity contribution in [2.45, 2.75) is 13.1 Å². The van der Waals surface area contributed by atoms with Crippen LogP contribution in [0.25, 0.3) is 0 Å². The average molecular weight is 497 g/mol. The maximum absolute atomic E-state index is 12.9. The van der Waals surface area contributed by atoms with E-state index in [1.54, 1.807) is 0 Å². The lowest BCUT2D eigenvalue weighted by molar-refractivity contribution is -0.385. The van der Waals surface area contributed by atoms with E-state index < -0.39 is 22.7 Å². The molecule has 0 fully saturated rings. The third-order valence-electron chi connectivity index (χ3n) is 3.84. The van der Waals surface area contributed by atoms with Crippen molar-refractivity contribution in [3.63, 3.8) is 0 Å². The number of rotatable bonds is 5. The van der Waals surface area contributed by atoms with Crippen LogP contribution in [0.2, 0.25) is 0 Å². The molecule has 31 heavy (non-hydrogen) atoms. The quantitative estimate of drug-likeness (QED) is 0.368. The fourth-order valence-corrected chi connectivity index (χ4v) is 2.86. The van der Waals surface area contributed by atoms with Crippen LogP contribution in [0.15, 0.2) is 53.0 Å². The number of ether oxygens (including phenoxy) is 1. The van der Waals surface area contributed by atoms with Gasteiger partial charge in [-0.05, 0) is 43.3 Å². The van der Waals surface area contributed by atoms with Gasteiger partial charge in [-0.3, -0.25) is 14.9 Å². The largest absolute Gasteiger partial charge is 0.439 e. The fraction of sp³-hybridized carbons (Fsp3) is 0.105. The number of aromatic nitrogens is 2. The lowest BCUT2D eigenvalue weighted by Crippen LogP contribution is -2.13. The number of nitro benzene ring substituents is 1. The summed E-state index contributed by atoms with van der Waals surface area (Å²) in [6, 6.07) is 10.3. The van der Waals surface area contributed by atoms with E-state index in [9.17, 15) is 28.1 Å². The molecule has 0 saturated heterocycles. The number of alkyl halides is 3. The molecule has 1 heterocycles. The number of amides is 1. The summed E-state index contributed by atoms with van der Waals surface area (Å²) in [4.78, 5) is 30.1. The number of anilines is 1. The number of aryl methyl sites for hydroxylation is 1. The molecule has 0 radical (unpaired) electrons. The smallest absolute Gasteiger partial charge is 0.433 e. The molecule has 0 aliphatic carbocycles. The minimum atomic E-state index is -4.64. The molecule has 0 unspecified atom stereocenters. The maximum atomic E-state index is 12.9. The summed E-state index contributed by atoms with van der Waals surface area (Å²) in [6.45, 7) is 1.31. The van der Waals surface area contributed by atoms with Gasteiger partial charge in [0.15, 0.2) is 5.69 Å². The summed E-state index contributed by atoms with van der Waals surface area (Å²) in [5, 5.41) is 13.7. The molecule has 3 rings (SSSR count). The molecule has 12 heteroatoms. The molecule has 2 aromatic carbocycles. The standard InChI is InChI=1S/C19H12BrF3N4O4/c1-10-24-16(19(21,22)23)9-17(25-10)31-13-5-3-12(4-6-13)26-18(28)14-7-2-11(20)8-15(14)27(29)30/h2-9H,1H3,(H,26,28). The predicted molar refractivity (Wildman–Crippen MR) is 107 cm³/mol. The first-order valence-corrected chi connectivity index (χ1v) is 9.28. The third-order valence-corrected chi connectivity index (χ3v) is 4.33. The molecule has 3 aromatic rings. The van der Waals surface area contributed by atoms with Crippen LogP contribution < -0.4 is 10.1 Å². The average Bonchev–Trinajstić information content (AvgIpc) is 2.68. The second-order valence-electron chi connectivity index (χ2n) is 6.14. The lowest BCUT2D eigenvalue weighted by atomic mass is 10.1. The number of carbonyl (C=O) groups excluding carboxylic acids is 1. The highest BCUT2D eigenvalue weighted by Gasteiger charge is 2.33. The molecule has 0 spiro atoms. The summed E-state index contributed by atoms with van der Waals surface area (Å²) in [5.41, 5.74) is -1.34. The Labute approximate surface area is 181 Å². The second kappa shape index (κ2) is 8.68. The van der Waals surface area contributed by atoms with Gasteiger partial charge in [0, 0.05) is 22.3 Å². The Hall–Kier alpha value is -3.54. The molecule has 1 N–H and O–H groups in total. The summed E-state index contributed by atoms with van der Waals surface area (Å²) in [7, 11) is 0. The molecule has 0 atom stereocenters. The van der Waals surface area contributed by atoms with E-state index in [0.717, 1.165) is 0 Å². The van der Waals surface area contributed by atoms with Crippen LogP contribution >= 0.6 is 15.9 Å². The zero-order chi connectivity index (χ0) is 22.8. The molecule has 0 aliphatic heterocycles. The van der Waals surface area contributed by atoms with Crippen molar-refractivity contribution in [2.75, 3.05) is 5.32 Å². The molecule has 160 valence electrons. The number of nitrogens with one attached hydrogen (secondary N) is 1. The normalized spacial score (nSPS) is 11.1. The van der Waals surface area contributed by atoms with Crippen LogP contribution in [0.3, 0.4) is 0 Å². The first-order valence-electron chi connectivity index (χ1n) is 8.49. The fourth-order valence-electron chi connectivity index (χ4n) is 2.51. The second-order valence-corrected chi connectivity index (χ2v) is 7.05. The van der Waals surface area contributed by atoms with Crippen molar-refractivity contribution in [3.05, 3.63) is 80.2 Å². The minimum absolute atomic E-state index is 0.107. The van der Waals surface area contributed by atoms with Crippen molar-refractivity contribution in [1.29, 1.82) is 0 Å². The van der Waals surface area contributed by atoms with Crippen molar-refractivity contribution >= 4 is 33.2 Å². The van der Waals surface area contributed by atoms with E-state index in [4.69, 9.17) is 4.74 Å². The summed E-state index contributed by atoms with van der Waals surface area (Å²) < 4.78 is 44.4. The van der Waals surface area contributed by atoms with E-state index in [1.165, 1.54) is 49.4 Å². The van der Waals surface area contributed by atoms with E-state index in [2.05, 4.69) is 31.2 Å². The van der Waals surface area contributed by atoms with Crippen LogP contribution in [0.1, 0.15) is 21.9 Å². The Kier molecular flexibility index (Phi) is 6.20. The highest BCUT2D eigenvalue weighted by Crippen LogP contribution is 2.31. The van der Waals surface area contributed by atoms with E-state index in [1.807, 2.05) is 0 Å². The third kappa shape index (κ3) is 5.54. The van der Waals surface area contributed by atoms with Gasteiger partial charge in [-0.15, -0.1) is 0 Å². The number of hydrogen-bond donors (Lipinski definition) is 1. The molecular formula is C19H12BrF3N4O4. The highest BCUT2D eigenvalue weighted by atomic mass is 79.9. The summed E-state index contributed by atoms with van der Waals surface area (Å²) in [6.07, 6.45) is -4.64. The van der Waals surface area contributed by atoms with Crippen molar-refractivity contribution < 1.29 is 27.6 Å².